The molecule has 0 aliphatic carbocycles. The van der Waals surface area contributed by atoms with Gasteiger partial charge in [0.15, 0.2) is 0 Å². The number of nitrogens with zero attached hydrogens (tertiary/aromatic N) is 4. The molecule has 1 aromatic carbocycles. The van der Waals surface area contributed by atoms with Crippen molar-refractivity contribution < 1.29 is 4.79 Å². The first kappa shape index (κ1) is 18.8. The van der Waals surface area contributed by atoms with Crippen LogP contribution >= 0.6 is 34.8 Å². The molecule has 0 saturated heterocycles. The highest BCUT2D eigenvalue weighted by atomic mass is 35.5. The number of amides is 1. The molecular weight excluding hydrogens is 397 g/mol. The van der Waals surface area contributed by atoms with Gasteiger partial charge in [0, 0.05) is 12.4 Å². The number of hydrogen-bond donors (Lipinski definition) is 1. The number of rotatable bonds is 6. The highest BCUT2D eigenvalue weighted by molar-refractivity contribution is 6.42. The lowest BCUT2D eigenvalue weighted by molar-refractivity contribution is -0.119. The van der Waals surface area contributed by atoms with Gasteiger partial charge in [-0.1, -0.05) is 47.8 Å². The summed E-state index contributed by atoms with van der Waals surface area (Å²) in [4.78, 5) is 12.5. The quantitative estimate of drug-likeness (QED) is 0.639. The molecule has 136 valence electrons. The zero-order valence-corrected chi connectivity index (χ0v) is 16.1. The Kier molecular flexibility index (Phi) is 5.86. The van der Waals surface area contributed by atoms with Crippen molar-refractivity contribution in [3.05, 3.63) is 63.6 Å². The Balaban J connectivity index is 1.67. The van der Waals surface area contributed by atoms with Gasteiger partial charge in [0.25, 0.3) is 0 Å². The van der Waals surface area contributed by atoms with Crippen LogP contribution in [0.25, 0.3) is 0 Å². The summed E-state index contributed by atoms with van der Waals surface area (Å²) < 4.78 is 3.26. The average Bonchev–Trinajstić information content (AvgIpc) is 3.21. The molecule has 3 aromatic rings. The van der Waals surface area contributed by atoms with E-state index in [4.69, 9.17) is 34.8 Å². The average molecular weight is 413 g/mol. The normalized spacial score (nSPS) is 12.2. The molecule has 6 nitrogen and oxygen atoms in total. The Hall–Kier alpha value is -2.02. The lowest BCUT2D eigenvalue weighted by atomic mass is 10.2. The monoisotopic (exact) mass is 411 g/mol. The largest absolute Gasteiger partial charge is 0.322 e. The van der Waals surface area contributed by atoms with E-state index in [2.05, 4.69) is 15.5 Å². The van der Waals surface area contributed by atoms with E-state index in [0.717, 1.165) is 5.56 Å². The number of aromatic nitrogens is 4. The highest BCUT2D eigenvalue weighted by Gasteiger charge is 2.20. The summed E-state index contributed by atoms with van der Waals surface area (Å²) in [6, 6.07) is 4.97. The topological polar surface area (TPSA) is 64.7 Å². The molecule has 0 aliphatic heterocycles. The molecular formula is C17H16Cl3N5O. The SMILES string of the molecule is CCC(C(=O)Nc1cnn(Cc2ccc(Cl)c(Cl)c2)c1)n1cc(Cl)cn1. The van der Waals surface area contributed by atoms with Gasteiger partial charge in [0.1, 0.15) is 6.04 Å². The van der Waals surface area contributed by atoms with Crippen LogP contribution in [0.2, 0.25) is 15.1 Å². The fraction of sp³-hybridized carbons (Fsp3) is 0.235. The van der Waals surface area contributed by atoms with Crippen molar-refractivity contribution in [1.29, 1.82) is 0 Å². The predicted molar refractivity (Wildman–Crippen MR) is 103 cm³/mol. The van der Waals surface area contributed by atoms with E-state index in [1.807, 2.05) is 13.0 Å². The van der Waals surface area contributed by atoms with E-state index in [0.29, 0.717) is 33.7 Å². The second-order valence-corrected chi connectivity index (χ2v) is 6.98. The Morgan fingerprint density at radius 3 is 2.62 bits per heavy atom. The van der Waals surface area contributed by atoms with E-state index in [-0.39, 0.29) is 5.91 Å². The summed E-state index contributed by atoms with van der Waals surface area (Å²) in [5.74, 6) is -0.179. The minimum absolute atomic E-state index is 0.179. The Bertz CT molecular complexity index is 921. The van der Waals surface area contributed by atoms with Crippen molar-refractivity contribution in [2.75, 3.05) is 5.32 Å². The molecule has 9 heteroatoms. The third kappa shape index (κ3) is 4.38. The van der Waals surface area contributed by atoms with Gasteiger partial charge in [-0.15, -0.1) is 0 Å². The van der Waals surface area contributed by atoms with Crippen molar-refractivity contribution in [3.63, 3.8) is 0 Å². The summed E-state index contributed by atoms with van der Waals surface area (Å²) >= 11 is 17.8. The molecule has 26 heavy (non-hydrogen) atoms. The van der Waals surface area contributed by atoms with Gasteiger partial charge in [0.2, 0.25) is 5.91 Å². The van der Waals surface area contributed by atoms with Crippen LogP contribution in [-0.4, -0.2) is 25.5 Å². The standard InChI is InChI=1S/C17H16Cl3N5O/c1-2-16(25-9-12(18)6-22-25)17(26)23-13-7-21-24(10-13)8-11-3-4-14(19)15(20)5-11/h3-7,9-10,16H,2,8H2,1H3,(H,23,26). The Morgan fingerprint density at radius 2 is 1.96 bits per heavy atom. The molecule has 1 amide bonds. The second kappa shape index (κ2) is 8.12. The first-order chi connectivity index (χ1) is 12.5. The molecule has 2 aromatic heterocycles. The second-order valence-electron chi connectivity index (χ2n) is 5.73. The number of halogens is 3. The number of carbonyl (C=O) groups excluding carboxylic acids is 1. The van der Waals surface area contributed by atoms with E-state index in [1.54, 1.807) is 40.1 Å². The number of carbonyl (C=O) groups is 1. The Labute approximate surface area is 165 Å². The highest BCUT2D eigenvalue weighted by Crippen LogP contribution is 2.23. The van der Waals surface area contributed by atoms with Crippen LogP contribution in [0.4, 0.5) is 5.69 Å². The zero-order valence-electron chi connectivity index (χ0n) is 13.9. The fourth-order valence-corrected chi connectivity index (χ4v) is 3.01. The number of hydrogen-bond acceptors (Lipinski definition) is 3. The fourth-order valence-electron chi connectivity index (χ4n) is 2.54. The van der Waals surface area contributed by atoms with Gasteiger partial charge in [-0.25, -0.2) is 0 Å². The van der Waals surface area contributed by atoms with Gasteiger partial charge < -0.3 is 5.32 Å². The van der Waals surface area contributed by atoms with Gasteiger partial charge >= 0.3 is 0 Å². The van der Waals surface area contributed by atoms with Crippen molar-refractivity contribution >= 4 is 46.4 Å². The van der Waals surface area contributed by atoms with Gasteiger partial charge in [-0.2, -0.15) is 10.2 Å². The summed E-state index contributed by atoms with van der Waals surface area (Å²) in [5, 5.41) is 12.7. The molecule has 1 unspecified atom stereocenters. The zero-order chi connectivity index (χ0) is 18.7. The molecule has 0 fully saturated rings. The van der Waals surface area contributed by atoms with Crippen LogP contribution in [-0.2, 0) is 11.3 Å². The van der Waals surface area contributed by atoms with E-state index >= 15 is 0 Å². The van der Waals surface area contributed by atoms with Crippen LogP contribution in [0.1, 0.15) is 24.9 Å². The molecule has 0 saturated carbocycles. The molecule has 0 spiro atoms. The molecule has 0 radical (unpaired) electrons. The molecule has 2 heterocycles. The lowest BCUT2D eigenvalue weighted by Gasteiger charge is -2.14. The van der Waals surface area contributed by atoms with Crippen molar-refractivity contribution in [2.45, 2.75) is 25.9 Å². The number of benzene rings is 1. The summed E-state index contributed by atoms with van der Waals surface area (Å²) in [7, 11) is 0. The van der Waals surface area contributed by atoms with Crippen molar-refractivity contribution in [2.24, 2.45) is 0 Å². The predicted octanol–water partition coefficient (Wildman–Crippen LogP) is 4.68. The lowest BCUT2D eigenvalue weighted by Crippen LogP contribution is -2.25. The molecule has 1 atom stereocenters. The van der Waals surface area contributed by atoms with Crippen LogP contribution in [0.15, 0.2) is 43.0 Å². The maximum absolute atomic E-state index is 12.5. The molecule has 0 bridgehead atoms. The maximum atomic E-state index is 12.5. The summed E-state index contributed by atoms with van der Waals surface area (Å²) in [6.45, 7) is 2.42. The van der Waals surface area contributed by atoms with E-state index in [9.17, 15) is 4.79 Å². The maximum Gasteiger partial charge on any atom is 0.249 e. The van der Waals surface area contributed by atoms with Gasteiger partial charge in [0.05, 0.1) is 39.7 Å². The van der Waals surface area contributed by atoms with Crippen LogP contribution in [0.5, 0.6) is 0 Å². The third-order valence-corrected chi connectivity index (χ3v) is 4.74. The molecule has 1 N–H and O–H groups in total. The summed E-state index contributed by atoms with van der Waals surface area (Å²) in [5.41, 5.74) is 1.56. The first-order valence-corrected chi connectivity index (χ1v) is 9.06. The van der Waals surface area contributed by atoms with E-state index < -0.39 is 6.04 Å². The van der Waals surface area contributed by atoms with Gasteiger partial charge in [-0.3, -0.25) is 14.2 Å². The minimum Gasteiger partial charge on any atom is -0.322 e. The van der Waals surface area contributed by atoms with Crippen LogP contribution < -0.4 is 5.32 Å². The Morgan fingerprint density at radius 1 is 1.15 bits per heavy atom. The van der Waals surface area contributed by atoms with Crippen molar-refractivity contribution in [3.8, 4) is 0 Å². The van der Waals surface area contributed by atoms with Crippen LogP contribution in [0, 0.1) is 0 Å². The van der Waals surface area contributed by atoms with E-state index in [1.165, 1.54) is 6.20 Å². The number of nitrogens with one attached hydrogen (secondary N) is 1. The smallest absolute Gasteiger partial charge is 0.249 e. The minimum atomic E-state index is -0.444. The number of anilines is 1. The first-order valence-electron chi connectivity index (χ1n) is 7.93. The van der Waals surface area contributed by atoms with Gasteiger partial charge in [-0.05, 0) is 24.1 Å². The summed E-state index contributed by atoms with van der Waals surface area (Å²) in [6.07, 6.45) is 7.07. The van der Waals surface area contributed by atoms with Crippen molar-refractivity contribution in [1.82, 2.24) is 19.6 Å². The molecule has 0 aliphatic rings. The third-order valence-electron chi connectivity index (χ3n) is 3.81. The van der Waals surface area contributed by atoms with Crippen LogP contribution in [0.3, 0.4) is 0 Å². The molecule has 3 rings (SSSR count).